The third-order valence-corrected chi connectivity index (χ3v) is 1.68. The molecule has 0 N–H and O–H groups in total. The second-order valence-electron chi connectivity index (χ2n) is 2.85. The first-order chi connectivity index (χ1) is 6.92. The molecule has 0 saturated carbocycles. The number of hydrogen-bond donors (Lipinski definition) is 0. The molecule has 1 heterocycles. The number of aryl methyl sites for hydroxylation is 1. The number of carbonyl (C=O) groups is 1. The standard InChI is InChI=1S/C8H9F3N2O2/c1-15-7(14)6-4-13(5-12-6)3-2-8(9,10)11/h4-5H,2-3H2,1H3. The van der Waals surface area contributed by atoms with Gasteiger partial charge in [0, 0.05) is 12.7 Å². The second-order valence-corrected chi connectivity index (χ2v) is 2.85. The van der Waals surface area contributed by atoms with Gasteiger partial charge in [-0.05, 0) is 0 Å². The number of imidazole rings is 1. The first kappa shape index (κ1) is 11.5. The van der Waals surface area contributed by atoms with Gasteiger partial charge in [0.1, 0.15) is 0 Å². The van der Waals surface area contributed by atoms with Crippen molar-refractivity contribution in [2.75, 3.05) is 7.11 Å². The van der Waals surface area contributed by atoms with Crippen molar-refractivity contribution in [2.45, 2.75) is 19.1 Å². The van der Waals surface area contributed by atoms with E-state index in [1.165, 1.54) is 17.9 Å². The van der Waals surface area contributed by atoms with Crippen molar-refractivity contribution in [3.8, 4) is 0 Å². The molecule has 0 unspecified atom stereocenters. The van der Waals surface area contributed by atoms with Crippen LogP contribution in [0.1, 0.15) is 16.9 Å². The Labute approximate surface area is 83.7 Å². The van der Waals surface area contributed by atoms with Crippen LogP contribution in [0.5, 0.6) is 0 Å². The molecule has 0 spiro atoms. The first-order valence-electron chi connectivity index (χ1n) is 4.09. The van der Waals surface area contributed by atoms with Crippen molar-refractivity contribution in [3.63, 3.8) is 0 Å². The summed E-state index contributed by atoms with van der Waals surface area (Å²) in [5, 5.41) is 0. The molecule has 0 radical (unpaired) electrons. The molecular weight excluding hydrogens is 213 g/mol. The number of halogens is 3. The van der Waals surface area contributed by atoms with E-state index in [0.29, 0.717) is 0 Å². The lowest BCUT2D eigenvalue weighted by molar-refractivity contribution is -0.136. The molecule has 0 aliphatic rings. The van der Waals surface area contributed by atoms with Gasteiger partial charge in [-0.15, -0.1) is 0 Å². The third-order valence-electron chi connectivity index (χ3n) is 1.68. The van der Waals surface area contributed by atoms with Crippen LogP contribution in [0.15, 0.2) is 12.5 Å². The van der Waals surface area contributed by atoms with Crippen LogP contribution >= 0.6 is 0 Å². The number of methoxy groups -OCH3 is 1. The minimum atomic E-state index is -4.21. The highest BCUT2D eigenvalue weighted by atomic mass is 19.4. The van der Waals surface area contributed by atoms with Crippen molar-refractivity contribution < 1.29 is 22.7 Å². The Morgan fingerprint density at radius 3 is 2.80 bits per heavy atom. The van der Waals surface area contributed by atoms with E-state index in [-0.39, 0.29) is 12.2 Å². The van der Waals surface area contributed by atoms with Gasteiger partial charge in [-0.2, -0.15) is 13.2 Å². The zero-order valence-electron chi connectivity index (χ0n) is 7.91. The van der Waals surface area contributed by atoms with Crippen molar-refractivity contribution >= 4 is 5.97 Å². The van der Waals surface area contributed by atoms with E-state index in [0.717, 1.165) is 6.33 Å². The topological polar surface area (TPSA) is 44.1 Å². The Morgan fingerprint density at radius 2 is 2.27 bits per heavy atom. The second kappa shape index (κ2) is 4.33. The van der Waals surface area contributed by atoms with E-state index < -0.39 is 18.6 Å². The molecule has 15 heavy (non-hydrogen) atoms. The Hall–Kier alpha value is -1.53. The van der Waals surface area contributed by atoms with Gasteiger partial charge in [0.05, 0.1) is 19.9 Å². The van der Waals surface area contributed by atoms with Gasteiger partial charge in [0.2, 0.25) is 0 Å². The van der Waals surface area contributed by atoms with Crippen LogP contribution in [0.3, 0.4) is 0 Å². The van der Waals surface area contributed by atoms with Crippen molar-refractivity contribution in [3.05, 3.63) is 18.2 Å². The summed E-state index contributed by atoms with van der Waals surface area (Å²) in [4.78, 5) is 14.5. The maximum atomic E-state index is 11.8. The molecule has 0 amide bonds. The number of carbonyl (C=O) groups excluding carboxylic acids is 1. The van der Waals surface area contributed by atoms with E-state index in [9.17, 15) is 18.0 Å². The zero-order chi connectivity index (χ0) is 11.5. The number of esters is 1. The maximum Gasteiger partial charge on any atom is 0.390 e. The molecule has 7 heteroatoms. The predicted molar refractivity (Wildman–Crippen MR) is 44.2 cm³/mol. The first-order valence-corrected chi connectivity index (χ1v) is 4.09. The van der Waals surface area contributed by atoms with Crippen molar-refractivity contribution in [2.24, 2.45) is 0 Å². The van der Waals surface area contributed by atoms with Gasteiger partial charge >= 0.3 is 12.1 Å². The fourth-order valence-electron chi connectivity index (χ4n) is 0.948. The molecule has 1 aromatic rings. The van der Waals surface area contributed by atoms with Crippen LogP contribution in [-0.2, 0) is 11.3 Å². The largest absolute Gasteiger partial charge is 0.464 e. The highest BCUT2D eigenvalue weighted by molar-refractivity contribution is 5.86. The Balaban J connectivity index is 2.57. The van der Waals surface area contributed by atoms with Crippen LogP contribution in [0.2, 0.25) is 0 Å². The number of nitrogens with zero attached hydrogens (tertiary/aromatic N) is 2. The number of rotatable bonds is 3. The molecular formula is C8H9F3N2O2. The highest BCUT2D eigenvalue weighted by Crippen LogP contribution is 2.20. The Morgan fingerprint density at radius 1 is 1.60 bits per heavy atom. The Kier molecular flexibility index (Phi) is 3.33. The molecule has 0 bridgehead atoms. The molecule has 0 aliphatic heterocycles. The van der Waals surface area contributed by atoms with Gasteiger partial charge in [-0.1, -0.05) is 0 Å². The van der Waals surface area contributed by atoms with Gasteiger partial charge < -0.3 is 9.30 Å². The van der Waals surface area contributed by atoms with E-state index >= 15 is 0 Å². The minimum absolute atomic E-state index is 0.000301. The quantitative estimate of drug-likeness (QED) is 0.730. The van der Waals surface area contributed by atoms with Crippen LogP contribution in [-0.4, -0.2) is 28.8 Å². The maximum absolute atomic E-state index is 11.8. The van der Waals surface area contributed by atoms with Crippen molar-refractivity contribution in [1.29, 1.82) is 0 Å². The summed E-state index contributed by atoms with van der Waals surface area (Å²) in [6.45, 7) is -0.256. The molecule has 1 aromatic heterocycles. The number of ether oxygens (including phenoxy) is 1. The summed E-state index contributed by atoms with van der Waals surface area (Å²) < 4.78 is 41.1. The SMILES string of the molecule is COC(=O)c1cn(CCC(F)(F)F)cn1. The summed E-state index contributed by atoms with van der Waals surface area (Å²) in [5.74, 6) is -0.666. The summed E-state index contributed by atoms with van der Waals surface area (Å²) >= 11 is 0. The predicted octanol–water partition coefficient (Wildman–Crippen LogP) is 1.62. The van der Waals surface area contributed by atoms with Gasteiger partial charge in [-0.3, -0.25) is 0 Å². The van der Waals surface area contributed by atoms with Gasteiger partial charge in [0.15, 0.2) is 5.69 Å². The monoisotopic (exact) mass is 222 g/mol. The summed E-state index contributed by atoms with van der Waals surface area (Å²) in [7, 11) is 1.18. The molecule has 1 rings (SSSR count). The van der Waals surface area contributed by atoms with Crippen LogP contribution < -0.4 is 0 Å². The van der Waals surface area contributed by atoms with E-state index in [1.54, 1.807) is 0 Å². The minimum Gasteiger partial charge on any atom is -0.464 e. The number of alkyl halides is 3. The lowest BCUT2D eigenvalue weighted by Crippen LogP contribution is -2.11. The molecule has 0 aliphatic carbocycles. The molecule has 0 atom stereocenters. The fraction of sp³-hybridized carbons (Fsp3) is 0.500. The lowest BCUT2D eigenvalue weighted by Gasteiger charge is -2.05. The van der Waals surface area contributed by atoms with E-state index in [4.69, 9.17) is 0 Å². The molecule has 4 nitrogen and oxygen atoms in total. The average Bonchev–Trinajstić information content (AvgIpc) is 2.61. The summed E-state index contributed by atoms with van der Waals surface area (Å²) in [6, 6.07) is 0. The zero-order valence-corrected chi connectivity index (χ0v) is 7.91. The molecule has 84 valence electrons. The summed E-state index contributed by atoms with van der Waals surface area (Å²) in [5.41, 5.74) is -0.000301. The molecule has 0 fully saturated rings. The van der Waals surface area contributed by atoms with Crippen LogP contribution in [0, 0.1) is 0 Å². The van der Waals surface area contributed by atoms with Crippen LogP contribution in [0.25, 0.3) is 0 Å². The van der Waals surface area contributed by atoms with Gasteiger partial charge in [-0.25, -0.2) is 9.78 Å². The average molecular weight is 222 g/mol. The highest BCUT2D eigenvalue weighted by Gasteiger charge is 2.26. The normalized spacial score (nSPS) is 11.5. The van der Waals surface area contributed by atoms with E-state index in [1.807, 2.05) is 0 Å². The smallest absolute Gasteiger partial charge is 0.390 e. The summed E-state index contributed by atoms with van der Waals surface area (Å²) in [6.07, 6.45) is -2.78. The third kappa shape index (κ3) is 3.61. The van der Waals surface area contributed by atoms with Crippen LogP contribution in [0.4, 0.5) is 13.2 Å². The van der Waals surface area contributed by atoms with Crippen molar-refractivity contribution in [1.82, 2.24) is 9.55 Å². The fourth-order valence-corrected chi connectivity index (χ4v) is 0.948. The lowest BCUT2D eigenvalue weighted by atomic mass is 10.4. The Bertz CT molecular complexity index is 346. The van der Waals surface area contributed by atoms with E-state index in [2.05, 4.69) is 9.72 Å². The number of hydrogen-bond acceptors (Lipinski definition) is 3. The molecule has 0 aromatic carbocycles. The molecule has 0 saturated heterocycles. The van der Waals surface area contributed by atoms with Gasteiger partial charge in [0.25, 0.3) is 0 Å². The number of aromatic nitrogens is 2.